The van der Waals surface area contributed by atoms with Crippen LogP contribution in [0.5, 0.6) is 0 Å². The van der Waals surface area contributed by atoms with E-state index < -0.39 is 0 Å². The van der Waals surface area contributed by atoms with Crippen LogP contribution in [0.4, 0.5) is 0 Å². The lowest BCUT2D eigenvalue weighted by Crippen LogP contribution is -2.45. The van der Waals surface area contributed by atoms with Gasteiger partial charge < -0.3 is 9.64 Å². The number of fused-ring (bicyclic) bond motifs is 1. The van der Waals surface area contributed by atoms with E-state index in [4.69, 9.17) is 33.0 Å². The highest BCUT2D eigenvalue weighted by Gasteiger charge is 2.42. The lowest BCUT2D eigenvalue weighted by molar-refractivity contribution is -0.0370. The predicted octanol–water partition coefficient (Wildman–Crippen LogP) is 5.24. The third-order valence-corrected chi connectivity index (χ3v) is 9.44. The molecule has 2 aromatic heterocycles. The Balaban J connectivity index is 1.08. The monoisotopic (exact) mass is 518 g/mol. The Bertz CT molecular complexity index is 1000. The van der Waals surface area contributed by atoms with Crippen molar-refractivity contribution in [3.05, 3.63) is 46.0 Å². The molecule has 2 saturated carbocycles. The summed E-state index contributed by atoms with van der Waals surface area (Å²) in [6, 6.07) is 2.07. The first-order chi connectivity index (χ1) is 17.1. The van der Waals surface area contributed by atoms with Crippen molar-refractivity contribution < 1.29 is 4.74 Å². The summed E-state index contributed by atoms with van der Waals surface area (Å²) in [4.78, 5) is 6.77. The lowest BCUT2D eigenvalue weighted by Gasteiger charge is -2.41. The van der Waals surface area contributed by atoms with Crippen LogP contribution in [0.3, 0.4) is 0 Å². The largest absolute Gasteiger partial charge is 0.370 e. The second kappa shape index (κ2) is 10.3. The van der Waals surface area contributed by atoms with Gasteiger partial charge in [-0.15, -0.1) is 0 Å². The van der Waals surface area contributed by atoms with Gasteiger partial charge in [0.05, 0.1) is 40.5 Å². The molecule has 2 aliphatic carbocycles. The maximum atomic E-state index is 6.50. The van der Waals surface area contributed by atoms with Gasteiger partial charge in [0.1, 0.15) is 0 Å². The van der Waals surface area contributed by atoms with E-state index in [9.17, 15) is 0 Å². The van der Waals surface area contributed by atoms with Gasteiger partial charge >= 0.3 is 0 Å². The van der Waals surface area contributed by atoms with Crippen LogP contribution in [0.25, 0.3) is 0 Å². The number of rotatable bonds is 6. The molecule has 35 heavy (non-hydrogen) atoms. The summed E-state index contributed by atoms with van der Waals surface area (Å²) < 4.78 is 8.73. The quantitative estimate of drug-likeness (QED) is 0.545. The summed E-state index contributed by atoms with van der Waals surface area (Å²) in [5.41, 5.74) is 9.23. The Labute approximate surface area is 217 Å². The van der Waals surface area contributed by atoms with Gasteiger partial charge in [-0.25, -0.2) is 5.43 Å². The van der Waals surface area contributed by atoms with Crippen molar-refractivity contribution in [3.63, 3.8) is 0 Å². The number of piperidine rings is 1. The molecule has 0 spiro atoms. The first-order valence-corrected chi connectivity index (χ1v) is 14.1. The Morgan fingerprint density at radius 3 is 2.46 bits per heavy atom. The van der Waals surface area contributed by atoms with Gasteiger partial charge in [-0.1, -0.05) is 29.6 Å². The normalized spacial score (nSPS) is 31.3. The molecule has 0 bridgehead atoms. The zero-order chi connectivity index (χ0) is 23.9. The summed E-state index contributed by atoms with van der Waals surface area (Å²) in [6.45, 7) is 4.45. The van der Waals surface area contributed by atoms with E-state index in [1.165, 1.54) is 50.8 Å². The molecule has 4 unspecified atom stereocenters. The van der Waals surface area contributed by atoms with Gasteiger partial charge in [0.2, 0.25) is 0 Å². The van der Waals surface area contributed by atoms with Crippen LogP contribution in [0.2, 0.25) is 10.0 Å². The van der Waals surface area contributed by atoms with Crippen LogP contribution in [0, 0.1) is 5.92 Å². The van der Waals surface area contributed by atoms with Gasteiger partial charge in [0, 0.05) is 54.9 Å². The maximum Gasteiger partial charge on any atom is 0.0830 e. The van der Waals surface area contributed by atoms with Crippen molar-refractivity contribution in [1.82, 2.24) is 30.5 Å². The van der Waals surface area contributed by atoms with Crippen molar-refractivity contribution in [2.24, 2.45) is 5.92 Å². The number of ether oxygens (including phenoxy) is 1. The van der Waals surface area contributed by atoms with Crippen molar-refractivity contribution in [2.45, 2.75) is 94.7 Å². The fourth-order valence-electron chi connectivity index (χ4n) is 6.62. The Morgan fingerprint density at radius 2 is 1.74 bits per heavy atom. The number of pyridine rings is 1. The molecule has 2 aliphatic heterocycles. The first kappa shape index (κ1) is 24.1. The van der Waals surface area contributed by atoms with Crippen molar-refractivity contribution >= 4 is 23.2 Å². The van der Waals surface area contributed by atoms with Crippen molar-refractivity contribution in [3.8, 4) is 0 Å². The van der Waals surface area contributed by atoms with Crippen LogP contribution in [0.1, 0.15) is 87.6 Å². The average molecular weight is 520 g/mol. The first-order valence-electron chi connectivity index (χ1n) is 13.3. The van der Waals surface area contributed by atoms with Crippen LogP contribution < -0.4 is 10.9 Å². The number of hydrazine groups is 1. The van der Waals surface area contributed by atoms with E-state index in [1.54, 1.807) is 12.4 Å². The topological polar surface area (TPSA) is 67.2 Å². The van der Waals surface area contributed by atoms with Crippen molar-refractivity contribution in [1.29, 1.82) is 0 Å². The fraction of sp³-hybridized carbons (Fsp3) is 0.692. The second-order valence-electron chi connectivity index (χ2n) is 10.9. The minimum atomic E-state index is -0.172. The lowest BCUT2D eigenvalue weighted by atomic mass is 9.78. The smallest absolute Gasteiger partial charge is 0.0830 e. The van der Waals surface area contributed by atoms with Gasteiger partial charge in [0.25, 0.3) is 0 Å². The molecule has 0 amide bonds. The highest BCUT2D eigenvalue weighted by atomic mass is 35.5. The summed E-state index contributed by atoms with van der Waals surface area (Å²) in [6.07, 6.45) is 17.3. The molecule has 0 aromatic carbocycles. The third kappa shape index (κ3) is 4.88. The average Bonchev–Trinajstić information content (AvgIpc) is 3.45. The zero-order valence-electron chi connectivity index (χ0n) is 20.4. The fourth-order valence-corrected chi connectivity index (χ4v) is 7.29. The molecule has 2 N–H and O–H groups in total. The van der Waals surface area contributed by atoms with Crippen LogP contribution in [-0.4, -0.2) is 50.9 Å². The van der Waals surface area contributed by atoms with Gasteiger partial charge in [-0.2, -0.15) is 5.10 Å². The highest BCUT2D eigenvalue weighted by molar-refractivity contribution is 6.35. The van der Waals surface area contributed by atoms with Gasteiger partial charge in [0.15, 0.2) is 0 Å². The molecule has 6 rings (SSSR count). The molecule has 4 fully saturated rings. The number of hydrogen-bond acceptors (Lipinski definition) is 6. The molecular weight excluding hydrogens is 483 g/mol. The molecule has 4 aliphatic rings. The molecule has 2 saturated heterocycles. The Hall–Kier alpha value is -1.22. The van der Waals surface area contributed by atoms with E-state index in [2.05, 4.69) is 37.8 Å². The SMILES string of the molecule is C[C@@H](OC1CCC2NNC(c3cnn(C4CCN(C5CCC5)CC4)c3)C2C1)c1c(Cl)cncc1Cl. The Kier molecular flexibility index (Phi) is 7.08. The Morgan fingerprint density at radius 1 is 0.971 bits per heavy atom. The van der Waals surface area contributed by atoms with E-state index in [-0.39, 0.29) is 18.2 Å². The molecule has 2 aromatic rings. The molecule has 0 radical (unpaired) electrons. The minimum absolute atomic E-state index is 0.168. The number of hydrogen-bond donors (Lipinski definition) is 2. The van der Waals surface area contributed by atoms with Gasteiger partial charge in [-0.3, -0.25) is 15.1 Å². The molecule has 190 valence electrons. The molecule has 7 nitrogen and oxygen atoms in total. The van der Waals surface area contributed by atoms with E-state index in [0.717, 1.165) is 30.9 Å². The minimum Gasteiger partial charge on any atom is -0.370 e. The second-order valence-corrected chi connectivity index (χ2v) is 11.7. The number of likely N-dealkylation sites (tertiary alicyclic amines) is 1. The van der Waals surface area contributed by atoms with Crippen molar-refractivity contribution in [2.75, 3.05) is 13.1 Å². The zero-order valence-corrected chi connectivity index (χ0v) is 21.9. The van der Waals surface area contributed by atoms with E-state index in [0.29, 0.717) is 28.0 Å². The number of halogens is 2. The van der Waals surface area contributed by atoms with E-state index in [1.807, 2.05) is 6.92 Å². The van der Waals surface area contributed by atoms with Crippen LogP contribution in [-0.2, 0) is 4.74 Å². The summed E-state index contributed by atoms with van der Waals surface area (Å²) in [7, 11) is 0. The summed E-state index contributed by atoms with van der Waals surface area (Å²) in [5.74, 6) is 0.461. The van der Waals surface area contributed by atoms with E-state index >= 15 is 0 Å². The summed E-state index contributed by atoms with van der Waals surface area (Å²) in [5, 5.41) is 5.94. The van der Waals surface area contributed by atoms with Crippen LogP contribution in [0.15, 0.2) is 24.8 Å². The van der Waals surface area contributed by atoms with Crippen LogP contribution >= 0.6 is 23.2 Å². The number of nitrogens with one attached hydrogen (secondary N) is 2. The molecular formula is C26H36Cl2N6O. The number of aromatic nitrogens is 3. The molecule has 5 atom stereocenters. The standard InChI is InChI=1S/C26H36Cl2N6O/c1-16(25-22(27)13-29-14-23(25)28)35-20-5-6-24-21(11-20)26(32-31-24)17-12-30-34(15-17)19-7-9-33(10-8-19)18-3-2-4-18/h12-16,18-21,24,26,31-32H,2-11H2,1H3/t16-,20?,21?,24?,26?/m1/s1. The molecule has 9 heteroatoms. The third-order valence-electron chi connectivity index (χ3n) is 8.84. The maximum absolute atomic E-state index is 6.50. The predicted molar refractivity (Wildman–Crippen MR) is 137 cm³/mol. The molecule has 4 heterocycles. The number of nitrogens with zero attached hydrogens (tertiary/aromatic N) is 4. The highest BCUT2D eigenvalue weighted by Crippen LogP contribution is 2.41. The van der Waals surface area contributed by atoms with Gasteiger partial charge in [-0.05, 0) is 57.8 Å². The summed E-state index contributed by atoms with van der Waals surface area (Å²) >= 11 is 12.8.